The fourth-order valence-corrected chi connectivity index (χ4v) is 2.83. The molecule has 0 aromatic carbocycles. The van der Waals surface area contributed by atoms with Crippen LogP contribution in [-0.2, 0) is 18.9 Å². The number of nitrogens with one attached hydrogen (secondary N) is 1. The van der Waals surface area contributed by atoms with Gasteiger partial charge in [0, 0.05) is 32.0 Å². The van der Waals surface area contributed by atoms with Crippen LogP contribution >= 0.6 is 15.9 Å². The zero-order chi connectivity index (χ0) is 18.0. The van der Waals surface area contributed by atoms with Gasteiger partial charge >= 0.3 is 5.69 Å². The summed E-state index contributed by atoms with van der Waals surface area (Å²) in [6.07, 6.45) is 2.66. The summed E-state index contributed by atoms with van der Waals surface area (Å²) in [7, 11) is 2.98. The van der Waals surface area contributed by atoms with Gasteiger partial charge < -0.3 is 5.32 Å². The maximum absolute atomic E-state index is 12.6. The van der Waals surface area contributed by atoms with Crippen LogP contribution in [0.1, 0.15) is 38.2 Å². The molecule has 130 valence electrons. The Balaban J connectivity index is 2.78. The van der Waals surface area contributed by atoms with Crippen LogP contribution in [-0.4, -0.2) is 25.4 Å². The number of carbonyl (C=O) groups excluding carboxylic acids is 1. The Morgan fingerprint density at radius 2 is 1.96 bits per heavy atom. The molecule has 0 atom stereocenters. The average Bonchev–Trinajstić information content (AvgIpc) is 2.55. The zero-order valence-corrected chi connectivity index (χ0v) is 15.8. The lowest BCUT2D eigenvalue weighted by molar-refractivity contribution is -0.116. The van der Waals surface area contributed by atoms with Crippen molar-refractivity contribution in [3.05, 3.63) is 32.6 Å². The van der Waals surface area contributed by atoms with E-state index in [1.807, 2.05) is 13.8 Å². The third-order valence-corrected chi connectivity index (χ3v) is 4.48. The minimum atomic E-state index is -0.459. The van der Waals surface area contributed by atoms with E-state index in [-0.39, 0.29) is 22.9 Å². The van der Waals surface area contributed by atoms with Gasteiger partial charge in [-0.1, -0.05) is 29.8 Å². The molecule has 1 N–H and O–H groups in total. The molecule has 0 bridgehead atoms. The molecule has 1 amide bonds. The van der Waals surface area contributed by atoms with Crippen molar-refractivity contribution in [1.29, 1.82) is 0 Å². The number of nitrogens with zero attached hydrogens (tertiary/aromatic N) is 3. The molecule has 0 spiro atoms. The van der Waals surface area contributed by atoms with Gasteiger partial charge in [-0.05, 0) is 17.9 Å². The summed E-state index contributed by atoms with van der Waals surface area (Å²) in [4.78, 5) is 41.2. The molecule has 2 aromatic rings. The van der Waals surface area contributed by atoms with E-state index >= 15 is 0 Å². The van der Waals surface area contributed by atoms with Crippen LogP contribution < -0.4 is 16.6 Å². The number of aromatic nitrogens is 3. The van der Waals surface area contributed by atoms with E-state index in [2.05, 4.69) is 26.2 Å². The summed E-state index contributed by atoms with van der Waals surface area (Å²) in [5, 5.41) is 3.84. The van der Waals surface area contributed by atoms with Crippen molar-refractivity contribution < 1.29 is 4.79 Å². The third kappa shape index (κ3) is 3.28. The summed E-state index contributed by atoms with van der Waals surface area (Å²) in [6, 6.07) is 0. The van der Waals surface area contributed by atoms with Crippen LogP contribution in [0.15, 0.2) is 15.8 Å². The van der Waals surface area contributed by atoms with Gasteiger partial charge in [0.1, 0.15) is 5.39 Å². The number of fused-ring (bicyclic) bond motifs is 1. The Morgan fingerprint density at radius 1 is 1.29 bits per heavy atom. The van der Waals surface area contributed by atoms with Crippen LogP contribution in [0.25, 0.3) is 11.0 Å². The highest BCUT2D eigenvalue weighted by molar-refractivity contribution is 9.09. The van der Waals surface area contributed by atoms with Crippen LogP contribution in [0.5, 0.6) is 0 Å². The van der Waals surface area contributed by atoms with E-state index in [1.54, 1.807) is 13.2 Å². The van der Waals surface area contributed by atoms with Crippen LogP contribution in [0.2, 0.25) is 0 Å². The van der Waals surface area contributed by atoms with E-state index < -0.39 is 11.2 Å². The first kappa shape index (κ1) is 18.4. The molecule has 0 aliphatic heterocycles. The van der Waals surface area contributed by atoms with Crippen LogP contribution in [0.4, 0.5) is 5.69 Å². The molecule has 8 heteroatoms. The van der Waals surface area contributed by atoms with Gasteiger partial charge in [0.15, 0.2) is 5.65 Å². The predicted molar refractivity (Wildman–Crippen MR) is 98.0 cm³/mol. The van der Waals surface area contributed by atoms with Gasteiger partial charge in [-0.25, -0.2) is 9.78 Å². The van der Waals surface area contributed by atoms with Crippen molar-refractivity contribution in [3.8, 4) is 0 Å². The van der Waals surface area contributed by atoms with E-state index in [1.165, 1.54) is 11.6 Å². The number of rotatable bonds is 5. The first-order valence-electron chi connectivity index (χ1n) is 7.74. The molecule has 0 fully saturated rings. The minimum absolute atomic E-state index is 0.0651. The third-order valence-electron chi connectivity index (χ3n) is 3.92. The molecule has 7 nitrogen and oxygen atoms in total. The Bertz CT molecular complexity index is 899. The Labute approximate surface area is 147 Å². The van der Waals surface area contributed by atoms with Crippen molar-refractivity contribution in [2.24, 2.45) is 14.1 Å². The number of carbonyl (C=O) groups is 1. The second-order valence-corrected chi connectivity index (χ2v) is 6.78. The van der Waals surface area contributed by atoms with Gasteiger partial charge in [0.25, 0.3) is 5.56 Å². The quantitative estimate of drug-likeness (QED) is 0.781. The van der Waals surface area contributed by atoms with Gasteiger partial charge in [-0.15, -0.1) is 0 Å². The number of hydrogen-bond donors (Lipinski definition) is 1. The van der Waals surface area contributed by atoms with Gasteiger partial charge in [0.2, 0.25) is 5.91 Å². The highest BCUT2D eigenvalue weighted by Gasteiger charge is 2.20. The molecule has 2 heterocycles. The van der Waals surface area contributed by atoms with Crippen molar-refractivity contribution >= 4 is 38.6 Å². The molecule has 2 rings (SSSR count). The monoisotopic (exact) mass is 396 g/mol. The largest absolute Gasteiger partial charge is 0.332 e. The summed E-state index contributed by atoms with van der Waals surface area (Å²) < 4.78 is 2.34. The summed E-state index contributed by atoms with van der Waals surface area (Å²) in [5.41, 5.74) is 0.576. The molecular weight excluding hydrogens is 376 g/mol. The van der Waals surface area contributed by atoms with Gasteiger partial charge in [0.05, 0.1) is 5.69 Å². The molecule has 0 saturated carbocycles. The van der Waals surface area contributed by atoms with Gasteiger partial charge in [-0.2, -0.15) is 0 Å². The van der Waals surface area contributed by atoms with Crippen molar-refractivity contribution in [3.63, 3.8) is 0 Å². The second kappa shape index (κ2) is 7.29. The molecule has 2 aromatic heterocycles. The summed E-state index contributed by atoms with van der Waals surface area (Å²) in [6.45, 7) is 3.92. The second-order valence-electron chi connectivity index (χ2n) is 5.99. The number of pyridine rings is 1. The maximum Gasteiger partial charge on any atom is 0.332 e. The highest BCUT2D eigenvalue weighted by atomic mass is 79.9. The highest BCUT2D eigenvalue weighted by Crippen LogP contribution is 2.28. The lowest BCUT2D eigenvalue weighted by Gasteiger charge is -2.17. The Hall–Kier alpha value is -1.96. The lowest BCUT2D eigenvalue weighted by Crippen LogP contribution is -2.38. The SMILES string of the molecule is CC(C)c1cnc2c(c1NC(=O)CCCBr)c(=O)n(C)c(=O)n2C. The number of halogens is 1. The summed E-state index contributed by atoms with van der Waals surface area (Å²) >= 11 is 3.30. The fraction of sp³-hybridized carbons (Fsp3) is 0.500. The standard InChI is InChI=1S/C16H21BrN4O3/c1-9(2)10-8-18-14-12(13(10)19-11(22)6-5-7-17)15(23)21(4)16(24)20(14)3/h8-9H,5-7H2,1-4H3,(H,18,19,22). The number of amides is 1. The maximum atomic E-state index is 12.6. The van der Waals surface area contributed by atoms with Crippen molar-refractivity contribution in [1.82, 2.24) is 14.1 Å². The van der Waals surface area contributed by atoms with Crippen LogP contribution in [0.3, 0.4) is 0 Å². The average molecular weight is 397 g/mol. The predicted octanol–water partition coefficient (Wildman–Crippen LogP) is 1.87. The minimum Gasteiger partial charge on any atom is -0.325 e. The Kier molecular flexibility index (Phi) is 5.58. The summed E-state index contributed by atoms with van der Waals surface area (Å²) in [5.74, 6) is -0.102. The number of aryl methyl sites for hydroxylation is 1. The van der Waals surface area contributed by atoms with Gasteiger partial charge in [-0.3, -0.25) is 18.7 Å². The molecule has 0 radical (unpaired) electrons. The molecule has 24 heavy (non-hydrogen) atoms. The first-order valence-corrected chi connectivity index (χ1v) is 8.86. The van der Waals surface area contributed by atoms with Crippen molar-refractivity contribution in [2.45, 2.75) is 32.6 Å². The number of anilines is 1. The molecule has 0 unspecified atom stereocenters. The number of hydrogen-bond acceptors (Lipinski definition) is 4. The molecular formula is C16H21BrN4O3. The zero-order valence-electron chi connectivity index (χ0n) is 14.2. The first-order chi connectivity index (χ1) is 11.3. The van der Waals surface area contributed by atoms with E-state index in [4.69, 9.17) is 0 Å². The van der Waals surface area contributed by atoms with E-state index in [0.717, 1.165) is 15.5 Å². The van der Waals surface area contributed by atoms with E-state index in [9.17, 15) is 14.4 Å². The molecule has 0 saturated heterocycles. The Morgan fingerprint density at radius 3 is 2.54 bits per heavy atom. The smallest absolute Gasteiger partial charge is 0.325 e. The molecule has 0 aliphatic rings. The normalized spacial score (nSPS) is 11.2. The lowest BCUT2D eigenvalue weighted by atomic mass is 10.0. The molecule has 0 aliphatic carbocycles. The van der Waals surface area contributed by atoms with E-state index in [0.29, 0.717) is 18.5 Å². The topological polar surface area (TPSA) is 86.0 Å². The van der Waals surface area contributed by atoms with Crippen molar-refractivity contribution in [2.75, 3.05) is 10.6 Å². The van der Waals surface area contributed by atoms with Crippen LogP contribution in [0, 0.1) is 0 Å². The fourth-order valence-electron chi connectivity index (χ4n) is 2.54. The number of alkyl halides is 1.